The average molecular weight is 371 g/mol. The predicted octanol–water partition coefficient (Wildman–Crippen LogP) is 2.10. The van der Waals surface area contributed by atoms with Gasteiger partial charge in [0.2, 0.25) is 15.9 Å². The van der Waals surface area contributed by atoms with Crippen LogP contribution < -0.4 is 0 Å². The van der Waals surface area contributed by atoms with Gasteiger partial charge in [0.15, 0.2) is 5.82 Å². The molecule has 1 aromatic heterocycles. The molecule has 3 rings (SSSR count). The highest BCUT2D eigenvalue weighted by atomic mass is 35.5. The molecule has 1 unspecified atom stereocenters. The summed E-state index contributed by atoms with van der Waals surface area (Å²) in [7, 11) is -3.52. The zero-order valence-corrected chi connectivity index (χ0v) is 15.1. The van der Waals surface area contributed by atoms with E-state index in [1.54, 1.807) is 25.1 Å². The number of rotatable bonds is 4. The number of halogens is 1. The van der Waals surface area contributed by atoms with E-state index >= 15 is 0 Å². The lowest BCUT2D eigenvalue weighted by Crippen LogP contribution is -2.49. The molecule has 0 radical (unpaired) electrons. The second kappa shape index (κ2) is 6.79. The van der Waals surface area contributed by atoms with Crippen LogP contribution in [0.3, 0.4) is 0 Å². The van der Waals surface area contributed by atoms with Crippen molar-refractivity contribution in [2.75, 3.05) is 26.2 Å². The zero-order valence-electron chi connectivity index (χ0n) is 13.5. The standard InChI is InChI=1S/C15H19ClN4O3S/c1-11(15-17-12(2)18-23-15)19-6-8-20(9-7-19)24(21,22)14-5-3-4-13(16)10-14/h3-5,10-11H,6-9H2,1-2H3. The van der Waals surface area contributed by atoms with E-state index in [1.165, 1.54) is 10.4 Å². The monoisotopic (exact) mass is 370 g/mol. The third-order valence-electron chi connectivity index (χ3n) is 4.16. The summed E-state index contributed by atoms with van der Waals surface area (Å²) >= 11 is 5.91. The van der Waals surface area contributed by atoms with Gasteiger partial charge in [0.1, 0.15) is 0 Å². The van der Waals surface area contributed by atoms with Gasteiger partial charge in [-0.25, -0.2) is 8.42 Å². The van der Waals surface area contributed by atoms with Gasteiger partial charge in [-0.15, -0.1) is 0 Å². The summed E-state index contributed by atoms with van der Waals surface area (Å²) in [5.41, 5.74) is 0. The number of benzene rings is 1. The van der Waals surface area contributed by atoms with E-state index in [1.807, 2.05) is 6.92 Å². The number of nitrogens with zero attached hydrogens (tertiary/aromatic N) is 4. The molecule has 130 valence electrons. The SMILES string of the molecule is Cc1noc(C(C)N2CCN(S(=O)(=O)c3cccc(Cl)c3)CC2)n1. The van der Waals surface area contributed by atoms with Crippen LogP contribution in [0.1, 0.15) is 24.7 Å². The van der Waals surface area contributed by atoms with E-state index in [0.29, 0.717) is 42.9 Å². The van der Waals surface area contributed by atoms with Crippen LogP contribution in [-0.4, -0.2) is 53.9 Å². The lowest BCUT2D eigenvalue weighted by Gasteiger charge is -2.36. The second-order valence-electron chi connectivity index (χ2n) is 5.75. The lowest BCUT2D eigenvalue weighted by molar-refractivity contribution is 0.124. The fraction of sp³-hybridized carbons (Fsp3) is 0.467. The number of hydrogen-bond acceptors (Lipinski definition) is 6. The summed E-state index contributed by atoms with van der Waals surface area (Å²) in [5, 5.41) is 4.22. The number of aryl methyl sites for hydroxylation is 1. The van der Waals surface area contributed by atoms with Gasteiger partial charge < -0.3 is 4.52 Å². The van der Waals surface area contributed by atoms with Crippen molar-refractivity contribution in [3.63, 3.8) is 0 Å². The van der Waals surface area contributed by atoms with E-state index < -0.39 is 10.0 Å². The predicted molar refractivity (Wildman–Crippen MR) is 89.2 cm³/mol. The first-order valence-corrected chi connectivity index (χ1v) is 9.50. The number of sulfonamides is 1. The highest BCUT2D eigenvalue weighted by Gasteiger charge is 2.31. The molecule has 24 heavy (non-hydrogen) atoms. The summed E-state index contributed by atoms with van der Waals surface area (Å²) in [6.45, 7) is 5.77. The molecular weight excluding hydrogens is 352 g/mol. The largest absolute Gasteiger partial charge is 0.338 e. The first kappa shape index (κ1) is 17.3. The Morgan fingerprint density at radius 2 is 1.96 bits per heavy atom. The Labute approximate surface area is 146 Å². The van der Waals surface area contributed by atoms with Crippen LogP contribution in [0.5, 0.6) is 0 Å². The van der Waals surface area contributed by atoms with Crippen molar-refractivity contribution < 1.29 is 12.9 Å². The number of hydrogen-bond donors (Lipinski definition) is 0. The van der Waals surface area contributed by atoms with Gasteiger partial charge >= 0.3 is 0 Å². The molecule has 1 fully saturated rings. The van der Waals surface area contributed by atoms with E-state index in [4.69, 9.17) is 16.1 Å². The maximum atomic E-state index is 12.7. The fourth-order valence-corrected chi connectivity index (χ4v) is 4.47. The Kier molecular flexibility index (Phi) is 4.91. The van der Waals surface area contributed by atoms with Gasteiger partial charge in [-0.2, -0.15) is 9.29 Å². The van der Waals surface area contributed by atoms with Crippen molar-refractivity contribution in [3.05, 3.63) is 41.0 Å². The molecule has 7 nitrogen and oxygen atoms in total. The molecule has 0 saturated carbocycles. The molecule has 1 aliphatic rings. The molecule has 0 aliphatic carbocycles. The normalized spacial score (nSPS) is 18.6. The van der Waals surface area contributed by atoms with Crippen LogP contribution in [0.4, 0.5) is 0 Å². The summed E-state index contributed by atoms with van der Waals surface area (Å²) in [6, 6.07) is 6.31. The van der Waals surface area contributed by atoms with Crippen LogP contribution in [-0.2, 0) is 10.0 Å². The molecule has 1 aromatic carbocycles. The summed E-state index contributed by atoms with van der Waals surface area (Å²) in [5.74, 6) is 1.15. The smallest absolute Gasteiger partial charge is 0.243 e. The van der Waals surface area contributed by atoms with Crippen molar-refractivity contribution in [1.29, 1.82) is 0 Å². The minimum atomic E-state index is -3.52. The Morgan fingerprint density at radius 3 is 2.54 bits per heavy atom. The summed E-state index contributed by atoms with van der Waals surface area (Å²) in [4.78, 5) is 6.61. The topological polar surface area (TPSA) is 79.5 Å². The maximum absolute atomic E-state index is 12.7. The molecule has 1 atom stereocenters. The highest BCUT2D eigenvalue weighted by Crippen LogP contribution is 2.24. The van der Waals surface area contributed by atoms with E-state index in [9.17, 15) is 8.42 Å². The summed E-state index contributed by atoms with van der Waals surface area (Å²) < 4.78 is 32.1. The molecule has 9 heteroatoms. The first-order chi connectivity index (χ1) is 11.4. The molecule has 0 N–H and O–H groups in total. The van der Waals surface area contributed by atoms with Gasteiger partial charge in [-0.05, 0) is 32.0 Å². The van der Waals surface area contributed by atoms with Crippen molar-refractivity contribution in [3.8, 4) is 0 Å². The minimum Gasteiger partial charge on any atom is -0.338 e. The molecule has 0 amide bonds. The molecule has 2 heterocycles. The van der Waals surface area contributed by atoms with E-state index in [0.717, 1.165) is 0 Å². The Morgan fingerprint density at radius 1 is 1.25 bits per heavy atom. The van der Waals surface area contributed by atoms with Crippen molar-refractivity contribution >= 4 is 21.6 Å². The molecule has 0 spiro atoms. The fourth-order valence-electron chi connectivity index (χ4n) is 2.75. The van der Waals surface area contributed by atoms with Gasteiger partial charge in [-0.1, -0.05) is 22.8 Å². The van der Waals surface area contributed by atoms with Gasteiger partial charge in [-0.3, -0.25) is 4.90 Å². The third kappa shape index (κ3) is 3.46. The zero-order chi connectivity index (χ0) is 17.3. The van der Waals surface area contributed by atoms with Crippen LogP contribution in [0.15, 0.2) is 33.7 Å². The number of aromatic nitrogens is 2. The second-order valence-corrected chi connectivity index (χ2v) is 8.13. The molecule has 0 bridgehead atoms. The number of piperazine rings is 1. The highest BCUT2D eigenvalue weighted by molar-refractivity contribution is 7.89. The first-order valence-electron chi connectivity index (χ1n) is 7.68. The van der Waals surface area contributed by atoms with E-state index in [-0.39, 0.29) is 10.9 Å². The Hall–Kier alpha value is -1.48. The molecule has 1 saturated heterocycles. The molecular formula is C15H19ClN4O3S. The van der Waals surface area contributed by atoms with Crippen molar-refractivity contribution in [2.24, 2.45) is 0 Å². The Bertz CT molecular complexity index is 816. The molecule has 2 aromatic rings. The Balaban J connectivity index is 1.68. The lowest BCUT2D eigenvalue weighted by atomic mass is 10.2. The van der Waals surface area contributed by atoms with E-state index in [2.05, 4.69) is 15.0 Å². The van der Waals surface area contributed by atoms with Crippen molar-refractivity contribution in [2.45, 2.75) is 24.8 Å². The van der Waals surface area contributed by atoms with Crippen molar-refractivity contribution in [1.82, 2.24) is 19.3 Å². The summed E-state index contributed by atoms with van der Waals surface area (Å²) in [6.07, 6.45) is 0. The maximum Gasteiger partial charge on any atom is 0.243 e. The van der Waals surface area contributed by atoms with Gasteiger partial charge in [0, 0.05) is 31.2 Å². The molecule has 1 aliphatic heterocycles. The van der Waals surface area contributed by atoms with Crippen LogP contribution in [0.2, 0.25) is 5.02 Å². The average Bonchev–Trinajstić information content (AvgIpc) is 3.01. The van der Waals surface area contributed by atoms with Gasteiger partial charge in [0.25, 0.3) is 0 Å². The minimum absolute atomic E-state index is 0.0396. The quantitative estimate of drug-likeness (QED) is 0.820. The third-order valence-corrected chi connectivity index (χ3v) is 6.29. The van der Waals surface area contributed by atoms with Gasteiger partial charge in [0.05, 0.1) is 10.9 Å². The van der Waals surface area contributed by atoms with Crippen LogP contribution in [0, 0.1) is 6.92 Å². The van der Waals surface area contributed by atoms with Crippen LogP contribution >= 0.6 is 11.6 Å². The van der Waals surface area contributed by atoms with Crippen LogP contribution in [0.25, 0.3) is 0 Å².